The minimum Gasteiger partial charge on any atom is -0.381 e. The minimum atomic E-state index is 0.606. The summed E-state index contributed by atoms with van der Waals surface area (Å²) in [6.07, 6.45) is 5.21. The molecule has 0 amide bonds. The number of nitrogens with one attached hydrogen (secondary N) is 1. The van der Waals surface area contributed by atoms with Gasteiger partial charge in [0.05, 0.1) is 6.61 Å². The van der Waals surface area contributed by atoms with Gasteiger partial charge >= 0.3 is 0 Å². The van der Waals surface area contributed by atoms with Crippen LogP contribution < -0.4 is 5.32 Å². The lowest BCUT2D eigenvalue weighted by Crippen LogP contribution is -2.45. The molecular weight excluding hydrogens is 212 g/mol. The zero-order valence-corrected chi connectivity index (χ0v) is 11.9. The minimum absolute atomic E-state index is 0.606. The van der Waals surface area contributed by atoms with E-state index < -0.39 is 0 Å². The molecular formula is C14H30N2O. The molecule has 3 heteroatoms. The number of likely N-dealkylation sites (N-methyl/N-ethyl adjacent to an activating group) is 2. The molecule has 0 aromatic heterocycles. The van der Waals surface area contributed by atoms with E-state index in [-0.39, 0.29) is 0 Å². The molecule has 1 fully saturated rings. The summed E-state index contributed by atoms with van der Waals surface area (Å²) in [6, 6.07) is 0.606. The highest BCUT2D eigenvalue weighted by Crippen LogP contribution is 2.17. The molecule has 1 aliphatic heterocycles. The van der Waals surface area contributed by atoms with Crippen molar-refractivity contribution in [1.82, 2.24) is 10.2 Å². The molecule has 1 heterocycles. The van der Waals surface area contributed by atoms with Crippen molar-refractivity contribution >= 4 is 0 Å². The van der Waals surface area contributed by atoms with Crippen molar-refractivity contribution in [2.45, 2.75) is 45.6 Å². The Labute approximate surface area is 107 Å². The van der Waals surface area contributed by atoms with Gasteiger partial charge in [0.2, 0.25) is 0 Å². The second-order valence-corrected chi connectivity index (χ2v) is 5.26. The van der Waals surface area contributed by atoms with Gasteiger partial charge in [-0.25, -0.2) is 0 Å². The zero-order valence-electron chi connectivity index (χ0n) is 11.9. The molecule has 0 spiro atoms. The smallest absolute Gasteiger partial charge is 0.0510 e. The number of unbranched alkanes of at least 4 members (excludes halogenated alkanes) is 2. The molecule has 0 aromatic carbocycles. The monoisotopic (exact) mass is 242 g/mol. The molecule has 2 atom stereocenters. The Balaban J connectivity index is 2.26. The maximum Gasteiger partial charge on any atom is 0.0510 e. The van der Waals surface area contributed by atoms with E-state index in [0.29, 0.717) is 12.0 Å². The topological polar surface area (TPSA) is 24.5 Å². The average Bonchev–Trinajstić information content (AvgIpc) is 2.82. The van der Waals surface area contributed by atoms with Gasteiger partial charge in [-0.3, -0.25) is 0 Å². The van der Waals surface area contributed by atoms with Crippen LogP contribution in [0.3, 0.4) is 0 Å². The molecule has 0 saturated carbocycles. The number of hydrogen-bond donors (Lipinski definition) is 1. The van der Waals surface area contributed by atoms with Crippen molar-refractivity contribution in [1.29, 1.82) is 0 Å². The summed E-state index contributed by atoms with van der Waals surface area (Å²) in [5.41, 5.74) is 0. The number of ether oxygens (including phenoxy) is 1. The third kappa shape index (κ3) is 5.84. The van der Waals surface area contributed by atoms with Crippen LogP contribution in [-0.2, 0) is 4.74 Å². The first-order valence-electron chi connectivity index (χ1n) is 7.27. The van der Waals surface area contributed by atoms with Crippen LogP contribution in [0.4, 0.5) is 0 Å². The summed E-state index contributed by atoms with van der Waals surface area (Å²) < 4.78 is 5.51. The van der Waals surface area contributed by atoms with Gasteiger partial charge in [-0.05, 0) is 33.0 Å². The molecule has 0 radical (unpaired) electrons. The van der Waals surface area contributed by atoms with Crippen LogP contribution >= 0.6 is 0 Å². The van der Waals surface area contributed by atoms with Crippen molar-refractivity contribution in [3.05, 3.63) is 0 Å². The van der Waals surface area contributed by atoms with E-state index in [2.05, 4.69) is 31.1 Å². The molecule has 17 heavy (non-hydrogen) atoms. The standard InChI is InChI=1S/C14H30N2O/c1-4-6-7-9-16(3)11-14(15-5-2)13-8-10-17-12-13/h13-15H,4-12H2,1-3H3. The second-order valence-electron chi connectivity index (χ2n) is 5.26. The molecule has 0 aromatic rings. The van der Waals surface area contributed by atoms with Gasteiger partial charge in [0.1, 0.15) is 0 Å². The lowest BCUT2D eigenvalue weighted by Gasteiger charge is -2.28. The highest BCUT2D eigenvalue weighted by Gasteiger charge is 2.25. The van der Waals surface area contributed by atoms with Gasteiger partial charge in [-0.2, -0.15) is 0 Å². The molecule has 3 nitrogen and oxygen atoms in total. The SMILES string of the molecule is CCCCCN(C)CC(NCC)C1CCOC1. The van der Waals surface area contributed by atoms with Crippen LogP contribution in [0, 0.1) is 5.92 Å². The lowest BCUT2D eigenvalue weighted by atomic mass is 9.98. The Morgan fingerprint density at radius 2 is 2.18 bits per heavy atom. The highest BCUT2D eigenvalue weighted by molar-refractivity contribution is 4.81. The number of nitrogens with zero attached hydrogens (tertiary/aromatic N) is 1. The van der Waals surface area contributed by atoms with Crippen LogP contribution in [0.1, 0.15) is 39.5 Å². The Kier molecular flexibility index (Phi) is 7.82. The summed E-state index contributed by atoms with van der Waals surface area (Å²) in [4.78, 5) is 2.47. The van der Waals surface area contributed by atoms with E-state index in [4.69, 9.17) is 4.74 Å². The van der Waals surface area contributed by atoms with Crippen LogP contribution in [0.2, 0.25) is 0 Å². The quantitative estimate of drug-likeness (QED) is 0.627. The summed E-state index contributed by atoms with van der Waals surface area (Å²) >= 11 is 0. The normalized spacial score (nSPS) is 22.2. The fraction of sp³-hybridized carbons (Fsp3) is 1.00. The first kappa shape index (κ1) is 14.9. The van der Waals surface area contributed by atoms with Crippen molar-refractivity contribution in [3.8, 4) is 0 Å². The maximum atomic E-state index is 5.51. The van der Waals surface area contributed by atoms with E-state index >= 15 is 0 Å². The van der Waals surface area contributed by atoms with Crippen LogP contribution in [0.5, 0.6) is 0 Å². The Morgan fingerprint density at radius 3 is 2.76 bits per heavy atom. The van der Waals surface area contributed by atoms with Gasteiger partial charge in [-0.1, -0.05) is 26.7 Å². The summed E-state index contributed by atoms with van der Waals surface area (Å²) in [5.74, 6) is 0.712. The third-order valence-corrected chi connectivity index (χ3v) is 3.65. The highest BCUT2D eigenvalue weighted by atomic mass is 16.5. The Morgan fingerprint density at radius 1 is 1.35 bits per heavy atom. The van der Waals surface area contributed by atoms with E-state index in [0.717, 1.165) is 26.3 Å². The van der Waals surface area contributed by atoms with E-state index in [1.54, 1.807) is 0 Å². The molecule has 1 rings (SSSR count). The predicted molar refractivity (Wildman–Crippen MR) is 73.4 cm³/mol. The maximum absolute atomic E-state index is 5.51. The Hall–Kier alpha value is -0.120. The number of rotatable bonds is 9. The van der Waals surface area contributed by atoms with Crippen molar-refractivity contribution in [2.75, 3.05) is 39.9 Å². The summed E-state index contributed by atoms with van der Waals surface area (Å²) in [6.45, 7) is 9.79. The van der Waals surface area contributed by atoms with Gasteiger partial charge in [0.25, 0.3) is 0 Å². The van der Waals surface area contributed by atoms with Gasteiger partial charge in [0.15, 0.2) is 0 Å². The largest absolute Gasteiger partial charge is 0.381 e. The molecule has 0 aliphatic carbocycles. The molecule has 1 saturated heterocycles. The third-order valence-electron chi connectivity index (χ3n) is 3.65. The van der Waals surface area contributed by atoms with Crippen molar-refractivity contribution in [3.63, 3.8) is 0 Å². The van der Waals surface area contributed by atoms with Crippen molar-refractivity contribution in [2.24, 2.45) is 5.92 Å². The fourth-order valence-electron chi connectivity index (χ4n) is 2.57. The second kappa shape index (κ2) is 8.90. The summed E-state index contributed by atoms with van der Waals surface area (Å²) in [7, 11) is 2.25. The van der Waals surface area contributed by atoms with Gasteiger partial charge in [-0.15, -0.1) is 0 Å². The zero-order chi connectivity index (χ0) is 12.5. The first-order chi connectivity index (χ1) is 8.27. The fourth-order valence-corrected chi connectivity index (χ4v) is 2.57. The number of hydrogen-bond acceptors (Lipinski definition) is 3. The lowest BCUT2D eigenvalue weighted by molar-refractivity contribution is 0.166. The first-order valence-corrected chi connectivity index (χ1v) is 7.27. The van der Waals surface area contributed by atoms with Crippen LogP contribution in [-0.4, -0.2) is 50.8 Å². The molecule has 102 valence electrons. The van der Waals surface area contributed by atoms with Crippen molar-refractivity contribution < 1.29 is 4.74 Å². The van der Waals surface area contributed by atoms with Gasteiger partial charge < -0.3 is 15.0 Å². The Bertz CT molecular complexity index is 181. The van der Waals surface area contributed by atoms with Crippen LogP contribution in [0.25, 0.3) is 0 Å². The van der Waals surface area contributed by atoms with Crippen LogP contribution in [0.15, 0.2) is 0 Å². The summed E-state index contributed by atoms with van der Waals surface area (Å²) in [5, 5.41) is 3.62. The molecule has 0 bridgehead atoms. The molecule has 2 unspecified atom stereocenters. The predicted octanol–water partition coefficient (Wildman–Crippen LogP) is 2.12. The van der Waals surface area contributed by atoms with Gasteiger partial charge in [0, 0.05) is 25.1 Å². The molecule has 1 aliphatic rings. The molecule has 1 N–H and O–H groups in total. The van der Waals surface area contributed by atoms with E-state index in [1.807, 2.05) is 0 Å². The average molecular weight is 242 g/mol. The van der Waals surface area contributed by atoms with E-state index in [9.17, 15) is 0 Å². The van der Waals surface area contributed by atoms with E-state index in [1.165, 1.54) is 32.2 Å².